The zero-order valence-electron chi connectivity index (χ0n) is 7.73. The van der Waals surface area contributed by atoms with Gasteiger partial charge in [0.15, 0.2) is 0 Å². The number of aliphatic hydroxyl groups is 1. The van der Waals surface area contributed by atoms with Crippen LogP contribution in [0.25, 0.3) is 0 Å². The van der Waals surface area contributed by atoms with Gasteiger partial charge in [-0.2, -0.15) is 0 Å². The monoisotopic (exact) mass is 179 g/mol. The van der Waals surface area contributed by atoms with Crippen LogP contribution in [0, 0.1) is 0 Å². The molecule has 70 valence electrons. The van der Waals surface area contributed by atoms with Crippen LogP contribution in [0.3, 0.4) is 0 Å². The van der Waals surface area contributed by atoms with Gasteiger partial charge in [0.25, 0.3) is 0 Å². The van der Waals surface area contributed by atoms with Gasteiger partial charge >= 0.3 is 0 Å². The van der Waals surface area contributed by atoms with Crippen molar-refractivity contribution in [3.05, 3.63) is 35.9 Å². The van der Waals surface area contributed by atoms with Crippen LogP contribution < -0.4 is 0 Å². The van der Waals surface area contributed by atoms with Gasteiger partial charge in [-0.15, -0.1) is 0 Å². The molecule has 0 radical (unpaired) electrons. The predicted molar refractivity (Wildman–Crippen MR) is 51.1 cm³/mol. The molecule has 0 amide bonds. The van der Waals surface area contributed by atoms with Crippen molar-refractivity contribution in [2.24, 2.45) is 5.16 Å². The van der Waals surface area contributed by atoms with E-state index < -0.39 is 5.60 Å². The first-order chi connectivity index (χ1) is 6.05. The van der Waals surface area contributed by atoms with E-state index in [1.807, 2.05) is 18.2 Å². The second-order valence-electron chi connectivity index (χ2n) is 3.37. The van der Waals surface area contributed by atoms with Crippen LogP contribution in [0.2, 0.25) is 0 Å². The summed E-state index contributed by atoms with van der Waals surface area (Å²) >= 11 is 0. The van der Waals surface area contributed by atoms with Crippen molar-refractivity contribution in [3.8, 4) is 0 Å². The molecular weight excluding hydrogens is 166 g/mol. The van der Waals surface area contributed by atoms with Gasteiger partial charge in [-0.05, 0) is 13.8 Å². The fourth-order valence-corrected chi connectivity index (χ4v) is 1.13. The Kier molecular flexibility index (Phi) is 2.68. The topological polar surface area (TPSA) is 52.8 Å². The third kappa shape index (κ3) is 2.29. The zero-order chi connectivity index (χ0) is 9.90. The van der Waals surface area contributed by atoms with E-state index in [2.05, 4.69) is 5.16 Å². The molecule has 0 saturated carbocycles. The number of benzene rings is 1. The molecule has 1 aromatic carbocycles. The molecule has 2 N–H and O–H groups in total. The first kappa shape index (κ1) is 9.74. The predicted octanol–water partition coefficient (Wildman–Crippen LogP) is 1.64. The lowest BCUT2D eigenvalue weighted by atomic mass is 9.96. The summed E-state index contributed by atoms with van der Waals surface area (Å²) in [6.45, 7) is 3.16. The van der Waals surface area contributed by atoms with Gasteiger partial charge in [-0.25, -0.2) is 0 Å². The van der Waals surface area contributed by atoms with Crippen molar-refractivity contribution >= 4 is 5.71 Å². The van der Waals surface area contributed by atoms with E-state index in [0.29, 0.717) is 0 Å². The summed E-state index contributed by atoms with van der Waals surface area (Å²) in [6, 6.07) is 9.08. The Bertz CT molecular complexity index is 298. The van der Waals surface area contributed by atoms with Crippen molar-refractivity contribution in [2.75, 3.05) is 0 Å². The van der Waals surface area contributed by atoms with E-state index in [9.17, 15) is 5.11 Å². The van der Waals surface area contributed by atoms with Crippen molar-refractivity contribution in [2.45, 2.75) is 19.4 Å². The molecule has 0 aliphatic carbocycles. The Hall–Kier alpha value is -1.35. The van der Waals surface area contributed by atoms with Crippen LogP contribution in [0.15, 0.2) is 35.5 Å². The average Bonchev–Trinajstić information content (AvgIpc) is 2.05. The zero-order valence-corrected chi connectivity index (χ0v) is 7.73. The second kappa shape index (κ2) is 3.58. The number of hydrogen-bond donors (Lipinski definition) is 2. The van der Waals surface area contributed by atoms with Crippen molar-refractivity contribution < 1.29 is 10.3 Å². The molecule has 0 fully saturated rings. The molecule has 0 unspecified atom stereocenters. The summed E-state index contributed by atoms with van der Waals surface area (Å²) in [6.07, 6.45) is 0. The third-order valence-corrected chi connectivity index (χ3v) is 1.73. The number of oxime groups is 1. The first-order valence-electron chi connectivity index (χ1n) is 4.06. The van der Waals surface area contributed by atoms with Crippen LogP contribution in [0.1, 0.15) is 19.4 Å². The van der Waals surface area contributed by atoms with Crippen molar-refractivity contribution in [3.63, 3.8) is 0 Å². The van der Waals surface area contributed by atoms with E-state index in [-0.39, 0.29) is 5.71 Å². The molecule has 3 heteroatoms. The van der Waals surface area contributed by atoms with Gasteiger partial charge in [0.1, 0.15) is 11.3 Å². The van der Waals surface area contributed by atoms with Gasteiger partial charge in [0.2, 0.25) is 0 Å². The molecule has 0 saturated heterocycles. The molecule has 0 bridgehead atoms. The average molecular weight is 179 g/mol. The maximum absolute atomic E-state index is 9.64. The van der Waals surface area contributed by atoms with Crippen LogP contribution in [0.4, 0.5) is 0 Å². The van der Waals surface area contributed by atoms with E-state index in [4.69, 9.17) is 5.21 Å². The highest BCUT2D eigenvalue weighted by Gasteiger charge is 2.23. The SMILES string of the molecule is CC(C)(O)C(=NO)c1ccccc1. The molecule has 0 aliphatic heterocycles. The minimum Gasteiger partial charge on any atom is -0.411 e. The summed E-state index contributed by atoms with van der Waals surface area (Å²) in [5.41, 5.74) is -0.138. The molecule has 0 heterocycles. The number of rotatable bonds is 2. The molecule has 0 aliphatic rings. The summed E-state index contributed by atoms with van der Waals surface area (Å²) in [7, 11) is 0. The van der Waals surface area contributed by atoms with E-state index in [1.165, 1.54) is 0 Å². The van der Waals surface area contributed by atoms with E-state index in [1.54, 1.807) is 26.0 Å². The summed E-state index contributed by atoms with van der Waals surface area (Å²) in [5, 5.41) is 21.5. The van der Waals surface area contributed by atoms with Gasteiger partial charge in [0, 0.05) is 5.56 Å². The lowest BCUT2D eigenvalue weighted by Gasteiger charge is -2.18. The molecule has 0 spiro atoms. The molecule has 1 rings (SSSR count). The van der Waals surface area contributed by atoms with Gasteiger partial charge in [0.05, 0.1) is 0 Å². The second-order valence-corrected chi connectivity index (χ2v) is 3.37. The highest BCUT2D eigenvalue weighted by Crippen LogP contribution is 2.12. The Labute approximate surface area is 77.3 Å². The standard InChI is InChI=1S/C10H13NO2/c1-10(2,12)9(11-13)8-6-4-3-5-7-8/h3-7,12-13H,1-2H3. The molecular formula is C10H13NO2. The molecule has 3 nitrogen and oxygen atoms in total. The largest absolute Gasteiger partial charge is 0.411 e. The Balaban J connectivity index is 3.08. The first-order valence-corrected chi connectivity index (χ1v) is 4.06. The smallest absolute Gasteiger partial charge is 0.118 e. The fourth-order valence-electron chi connectivity index (χ4n) is 1.13. The Morgan fingerprint density at radius 3 is 2.15 bits per heavy atom. The molecule has 0 atom stereocenters. The normalized spacial score (nSPS) is 13.0. The number of hydrogen-bond acceptors (Lipinski definition) is 3. The molecule has 13 heavy (non-hydrogen) atoms. The van der Waals surface area contributed by atoms with Crippen LogP contribution in [0.5, 0.6) is 0 Å². The van der Waals surface area contributed by atoms with E-state index >= 15 is 0 Å². The molecule has 0 aromatic heterocycles. The maximum atomic E-state index is 9.64. The van der Waals surface area contributed by atoms with Gasteiger partial charge in [-0.1, -0.05) is 35.5 Å². The van der Waals surface area contributed by atoms with Crippen LogP contribution in [-0.4, -0.2) is 21.6 Å². The minimum atomic E-state index is -1.13. The molecule has 1 aromatic rings. The lowest BCUT2D eigenvalue weighted by molar-refractivity contribution is 0.148. The summed E-state index contributed by atoms with van der Waals surface area (Å²) in [5.74, 6) is 0. The summed E-state index contributed by atoms with van der Waals surface area (Å²) in [4.78, 5) is 0. The highest BCUT2D eigenvalue weighted by molar-refractivity contribution is 6.05. The van der Waals surface area contributed by atoms with Gasteiger partial charge < -0.3 is 10.3 Å². The quantitative estimate of drug-likeness (QED) is 0.412. The Morgan fingerprint density at radius 1 is 1.23 bits per heavy atom. The highest BCUT2D eigenvalue weighted by atomic mass is 16.4. The fraction of sp³-hybridized carbons (Fsp3) is 0.300. The van der Waals surface area contributed by atoms with Crippen molar-refractivity contribution in [1.29, 1.82) is 0 Å². The number of nitrogens with zero attached hydrogens (tertiary/aromatic N) is 1. The van der Waals surface area contributed by atoms with E-state index in [0.717, 1.165) is 5.56 Å². The minimum absolute atomic E-state index is 0.271. The lowest BCUT2D eigenvalue weighted by Crippen LogP contribution is -2.32. The van der Waals surface area contributed by atoms with Crippen molar-refractivity contribution in [1.82, 2.24) is 0 Å². The summed E-state index contributed by atoms with van der Waals surface area (Å²) < 4.78 is 0. The van der Waals surface area contributed by atoms with Crippen LogP contribution in [-0.2, 0) is 0 Å². The van der Waals surface area contributed by atoms with Gasteiger partial charge in [-0.3, -0.25) is 0 Å². The maximum Gasteiger partial charge on any atom is 0.118 e. The third-order valence-electron chi connectivity index (χ3n) is 1.73. The Morgan fingerprint density at radius 2 is 1.77 bits per heavy atom. The van der Waals surface area contributed by atoms with Crippen LogP contribution >= 0.6 is 0 Å².